The summed E-state index contributed by atoms with van der Waals surface area (Å²) in [5.74, 6) is -0.806. The van der Waals surface area contributed by atoms with Crippen molar-refractivity contribution < 1.29 is 15.0 Å². The van der Waals surface area contributed by atoms with E-state index in [1.165, 1.54) is 0 Å². The third-order valence-corrected chi connectivity index (χ3v) is 4.75. The quantitative estimate of drug-likeness (QED) is 0.785. The molecule has 17 heavy (non-hydrogen) atoms. The van der Waals surface area contributed by atoms with Gasteiger partial charge in [0.15, 0.2) is 0 Å². The van der Waals surface area contributed by atoms with Gasteiger partial charge in [-0.15, -0.1) is 0 Å². The van der Waals surface area contributed by atoms with E-state index in [9.17, 15) is 15.0 Å². The zero-order valence-corrected chi connectivity index (χ0v) is 10.6. The molecule has 1 aliphatic heterocycles. The maximum Gasteiger partial charge on any atom is 0.313 e. The van der Waals surface area contributed by atoms with Gasteiger partial charge in [-0.3, -0.25) is 4.79 Å². The lowest BCUT2D eigenvalue weighted by Crippen LogP contribution is -2.60. The summed E-state index contributed by atoms with van der Waals surface area (Å²) in [6.07, 6.45) is 4.71. The van der Waals surface area contributed by atoms with Gasteiger partial charge < -0.3 is 15.1 Å². The molecular weight excluding hydrogens is 218 g/mol. The third kappa shape index (κ3) is 1.97. The molecule has 0 radical (unpaired) electrons. The number of piperidine rings is 1. The van der Waals surface area contributed by atoms with Crippen LogP contribution in [0.25, 0.3) is 0 Å². The lowest BCUT2D eigenvalue weighted by molar-refractivity contribution is -0.178. The molecule has 0 aromatic heterocycles. The maximum atomic E-state index is 11.7. The Hall–Kier alpha value is -0.610. The molecule has 0 spiro atoms. The van der Waals surface area contributed by atoms with Crippen molar-refractivity contribution in [2.24, 2.45) is 5.41 Å². The molecule has 4 nitrogen and oxygen atoms in total. The van der Waals surface area contributed by atoms with E-state index in [0.29, 0.717) is 25.8 Å². The molecule has 1 aliphatic carbocycles. The fourth-order valence-electron chi connectivity index (χ4n) is 3.61. The van der Waals surface area contributed by atoms with Crippen LogP contribution < -0.4 is 0 Å². The molecule has 0 bridgehead atoms. The molecule has 0 amide bonds. The molecule has 1 heterocycles. The number of aliphatic hydroxyl groups is 1. The molecule has 4 heteroatoms. The first-order valence-corrected chi connectivity index (χ1v) is 6.72. The fraction of sp³-hybridized carbons (Fsp3) is 0.923. The lowest BCUT2D eigenvalue weighted by Gasteiger charge is -2.48. The second-order valence-electron chi connectivity index (χ2n) is 5.60. The monoisotopic (exact) mass is 241 g/mol. The summed E-state index contributed by atoms with van der Waals surface area (Å²) < 4.78 is 0. The highest BCUT2D eigenvalue weighted by Crippen LogP contribution is 2.48. The van der Waals surface area contributed by atoms with Gasteiger partial charge in [0, 0.05) is 6.54 Å². The summed E-state index contributed by atoms with van der Waals surface area (Å²) in [4.78, 5) is 13.9. The second-order valence-corrected chi connectivity index (χ2v) is 5.60. The molecule has 98 valence electrons. The van der Waals surface area contributed by atoms with E-state index < -0.39 is 17.0 Å². The smallest absolute Gasteiger partial charge is 0.313 e. The third-order valence-electron chi connectivity index (χ3n) is 4.75. The molecule has 2 rings (SSSR count). The molecule has 1 atom stereocenters. The fourth-order valence-corrected chi connectivity index (χ4v) is 3.61. The van der Waals surface area contributed by atoms with Crippen LogP contribution in [-0.2, 0) is 4.79 Å². The van der Waals surface area contributed by atoms with Crippen LogP contribution in [0.2, 0.25) is 0 Å². The number of aliphatic carboxylic acids is 1. The van der Waals surface area contributed by atoms with E-state index >= 15 is 0 Å². The lowest BCUT2D eigenvalue weighted by atomic mass is 9.66. The Morgan fingerprint density at radius 3 is 2.41 bits per heavy atom. The van der Waals surface area contributed by atoms with Crippen molar-refractivity contribution >= 4 is 5.97 Å². The zero-order chi connectivity index (χ0) is 12.5. The Labute approximate surface area is 103 Å². The van der Waals surface area contributed by atoms with Crippen LogP contribution in [-0.4, -0.2) is 46.3 Å². The number of hydrogen-bond donors (Lipinski definition) is 2. The van der Waals surface area contributed by atoms with Crippen LogP contribution in [0.3, 0.4) is 0 Å². The van der Waals surface area contributed by atoms with Crippen molar-refractivity contribution in [2.45, 2.75) is 51.0 Å². The minimum atomic E-state index is -0.979. The van der Waals surface area contributed by atoms with E-state index in [1.807, 2.05) is 0 Å². The van der Waals surface area contributed by atoms with Crippen LogP contribution in [0.5, 0.6) is 0 Å². The van der Waals surface area contributed by atoms with Gasteiger partial charge in [-0.1, -0.05) is 19.8 Å². The Bertz CT molecular complexity index is 299. The highest BCUT2D eigenvalue weighted by Gasteiger charge is 2.58. The number of likely N-dealkylation sites (tertiary alicyclic amines) is 1. The van der Waals surface area contributed by atoms with Gasteiger partial charge in [-0.25, -0.2) is 0 Å². The highest BCUT2D eigenvalue weighted by atomic mass is 16.4. The first kappa shape index (κ1) is 12.8. The van der Waals surface area contributed by atoms with Gasteiger partial charge in [-0.2, -0.15) is 0 Å². The van der Waals surface area contributed by atoms with E-state index in [1.54, 1.807) is 0 Å². The van der Waals surface area contributed by atoms with E-state index in [-0.39, 0.29) is 0 Å². The van der Waals surface area contributed by atoms with Gasteiger partial charge in [0.05, 0.1) is 5.60 Å². The number of hydrogen-bond acceptors (Lipinski definition) is 3. The number of carboxylic acid groups (broad SMARTS) is 1. The minimum Gasteiger partial charge on any atom is -0.481 e. The zero-order valence-electron chi connectivity index (χ0n) is 10.6. The molecule has 2 aliphatic rings. The van der Waals surface area contributed by atoms with Gasteiger partial charge in [0.2, 0.25) is 0 Å². The molecule has 1 saturated carbocycles. The van der Waals surface area contributed by atoms with Crippen LogP contribution in [0.15, 0.2) is 0 Å². The number of carboxylic acids is 1. The van der Waals surface area contributed by atoms with Crippen molar-refractivity contribution in [3.05, 3.63) is 0 Å². The SMILES string of the molecule is CCN1CCCC(C(=O)O)(C2(O)CCCC2)C1. The van der Waals surface area contributed by atoms with E-state index in [4.69, 9.17) is 0 Å². The first-order chi connectivity index (χ1) is 8.04. The summed E-state index contributed by atoms with van der Waals surface area (Å²) in [7, 11) is 0. The molecule has 1 unspecified atom stereocenters. The van der Waals surface area contributed by atoms with Crippen molar-refractivity contribution in [2.75, 3.05) is 19.6 Å². The molecule has 0 aromatic carbocycles. The number of nitrogens with zero attached hydrogens (tertiary/aromatic N) is 1. The van der Waals surface area contributed by atoms with E-state index in [0.717, 1.165) is 32.4 Å². The number of rotatable bonds is 3. The Balaban J connectivity index is 2.28. The van der Waals surface area contributed by atoms with E-state index in [2.05, 4.69) is 11.8 Å². The predicted molar refractivity (Wildman–Crippen MR) is 64.8 cm³/mol. The maximum absolute atomic E-state index is 11.7. The molecule has 1 saturated heterocycles. The van der Waals surface area contributed by atoms with Crippen molar-refractivity contribution in [3.8, 4) is 0 Å². The van der Waals surface area contributed by atoms with Gasteiger partial charge in [-0.05, 0) is 38.8 Å². The van der Waals surface area contributed by atoms with Crippen molar-refractivity contribution in [3.63, 3.8) is 0 Å². The topological polar surface area (TPSA) is 60.8 Å². The largest absolute Gasteiger partial charge is 0.481 e. The highest BCUT2D eigenvalue weighted by molar-refractivity contribution is 5.77. The van der Waals surface area contributed by atoms with Crippen LogP contribution in [0.4, 0.5) is 0 Å². The average Bonchev–Trinajstić information content (AvgIpc) is 2.77. The Morgan fingerprint density at radius 2 is 1.88 bits per heavy atom. The normalized spacial score (nSPS) is 33.8. The van der Waals surface area contributed by atoms with Gasteiger partial charge in [0.25, 0.3) is 0 Å². The average molecular weight is 241 g/mol. The minimum absolute atomic E-state index is 0.509. The molecule has 2 fully saturated rings. The van der Waals surface area contributed by atoms with Crippen molar-refractivity contribution in [1.29, 1.82) is 0 Å². The molecule has 2 N–H and O–H groups in total. The molecular formula is C13H23NO3. The van der Waals surface area contributed by atoms with Crippen molar-refractivity contribution in [1.82, 2.24) is 4.90 Å². The summed E-state index contributed by atoms with van der Waals surface area (Å²) in [5.41, 5.74) is -1.91. The summed E-state index contributed by atoms with van der Waals surface area (Å²) in [6.45, 7) is 4.39. The Morgan fingerprint density at radius 1 is 1.24 bits per heavy atom. The summed E-state index contributed by atoms with van der Waals surface area (Å²) in [5, 5.41) is 20.4. The number of carbonyl (C=O) groups is 1. The summed E-state index contributed by atoms with van der Waals surface area (Å²) in [6, 6.07) is 0. The summed E-state index contributed by atoms with van der Waals surface area (Å²) >= 11 is 0. The van der Waals surface area contributed by atoms with Crippen LogP contribution >= 0.6 is 0 Å². The Kier molecular flexibility index (Phi) is 3.46. The van der Waals surface area contributed by atoms with Crippen LogP contribution in [0.1, 0.15) is 45.4 Å². The van der Waals surface area contributed by atoms with Gasteiger partial charge >= 0.3 is 5.97 Å². The van der Waals surface area contributed by atoms with Crippen LogP contribution in [0, 0.1) is 5.41 Å². The standard InChI is InChI=1S/C13H23NO3/c1-2-14-9-5-6-12(10-14,11(15)16)13(17)7-3-4-8-13/h17H,2-10H2,1H3,(H,15,16). The second kappa shape index (κ2) is 4.58. The van der Waals surface area contributed by atoms with Gasteiger partial charge in [0.1, 0.15) is 5.41 Å². The predicted octanol–water partition coefficient (Wildman–Crippen LogP) is 1.48. The first-order valence-electron chi connectivity index (χ1n) is 6.72. The molecule has 0 aromatic rings.